The van der Waals surface area contributed by atoms with Crippen LogP contribution in [0.2, 0.25) is 0 Å². The van der Waals surface area contributed by atoms with Gasteiger partial charge in [0.2, 0.25) is 0 Å². The summed E-state index contributed by atoms with van der Waals surface area (Å²) >= 11 is 0. The highest BCUT2D eigenvalue weighted by Gasteiger charge is 2.09. The molecule has 2 heterocycles. The number of anilines is 2. The maximum atomic E-state index is 13.3. The summed E-state index contributed by atoms with van der Waals surface area (Å²) in [5.74, 6) is -2.00. The molecule has 0 aliphatic carbocycles. The lowest BCUT2D eigenvalue weighted by atomic mass is 10.1. The molecule has 2 aromatic heterocycles. The summed E-state index contributed by atoms with van der Waals surface area (Å²) in [6.07, 6.45) is 3.85. The first-order valence-electron chi connectivity index (χ1n) is 8.57. The molecule has 2 aromatic carbocycles. The number of aryl methyl sites for hydroxylation is 1. The van der Waals surface area contributed by atoms with E-state index in [9.17, 15) is 13.6 Å². The maximum absolute atomic E-state index is 13.3. The molecule has 4 rings (SSSR count). The van der Waals surface area contributed by atoms with Gasteiger partial charge in [-0.05, 0) is 42.8 Å². The first-order valence-corrected chi connectivity index (χ1v) is 8.57. The number of aromatic nitrogens is 2. The summed E-state index contributed by atoms with van der Waals surface area (Å²) in [5.41, 5.74) is 4.25. The number of hydrogen-bond donors (Lipinski definition) is 2. The second kappa shape index (κ2) is 7.11. The number of carbonyl (C=O) groups is 1. The van der Waals surface area contributed by atoms with Gasteiger partial charge in [0.15, 0.2) is 11.6 Å². The highest BCUT2D eigenvalue weighted by atomic mass is 19.2. The maximum Gasteiger partial charge on any atom is 0.323 e. The van der Waals surface area contributed by atoms with E-state index < -0.39 is 17.7 Å². The number of hydrogen-bond acceptors (Lipinski definition) is 2. The number of benzene rings is 2. The van der Waals surface area contributed by atoms with E-state index in [2.05, 4.69) is 15.6 Å². The first kappa shape index (κ1) is 17.7. The minimum atomic E-state index is -1.03. The van der Waals surface area contributed by atoms with Crippen LogP contribution in [0.3, 0.4) is 0 Å². The molecule has 5 nitrogen and oxygen atoms in total. The Kier molecular flexibility index (Phi) is 4.49. The molecular formula is C21H16F2N4O. The van der Waals surface area contributed by atoms with Crippen LogP contribution in [0.5, 0.6) is 0 Å². The predicted octanol–water partition coefficient (Wildman–Crippen LogP) is 5.23. The standard InChI is InChI=1S/C21H16F2N4O/c1-13-4-3-9-27-12-19(26-20(13)27)14-5-2-6-15(10-14)24-21(28)25-16-7-8-17(22)18(23)11-16/h2-12H,1H3,(H2,24,25,28). The molecule has 0 fully saturated rings. The summed E-state index contributed by atoms with van der Waals surface area (Å²) < 4.78 is 28.2. The number of rotatable bonds is 3. The Balaban J connectivity index is 1.53. The van der Waals surface area contributed by atoms with E-state index in [-0.39, 0.29) is 5.69 Å². The van der Waals surface area contributed by atoms with E-state index in [0.717, 1.165) is 34.6 Å². The smallest absolute Gasteiger partial charge is 0.308 e. The molecule has 2 amide bonds. The van der Waals surface area contributed by atoms with Gasteiger partial charge < -0.3 is 15.0 Å². The van der Waals surface area contributed by atoms with Gasteiger partial charge >= 0.3 is 6.03 Å². The number of urea groups is 1. The van der Waals surface area contributed by atoms with Gasteiger partial charge in [-0.15, -0.1) is 0 Å². The third-order valence-corrected chi connectivity index (χ3v) is 4.27. The molecule has 28 heavy (non-hydrogen) atoms. The lowest BCUT2D eigenvalue weighted by Crippen LogP contribution is -2.19. The second-order valence-corrected chi connectivity index (χ2v) is 6.34. The van der Waals surface area contributed by atoms with Gasteiger partial charge in [-0.2, -0.15) is 0 Å². The molecule has 0 aliphatic rings. The number of amides is 2. The van der Waals surface area contributed by atoms with E-state index in [1.54, 1.807) is 18.2 Å². The Morgan fingerprint density at radius 1 is 0.964 bits per heavy atom. The molecule has 0 atom stereocenters. The zero-order valence-corrected chi connectivity index (χ0v) is 14.9. The molecule has 0 radical (unpaired) electrons. The molecule has 0 saturated carbocycles. The van der Waals surface area contributed by atoms with Crippen LogP contribution in [0.15, 0.2) is 67.0 Å². The lowest BCUT2D eigenvalue weighted by Gasteiger charge is -2.09. The van der Waals surface area contributed by atoms with Crippen molar-refractivity contribution in [3.05, 3.63) is 84.2 Å². The summed E-state index contributed by atoms with van der Waals surface area (Å²) in [6, 6.07) is 13.8. The first-order chi connectivity index (χ1) is 13.5. The molecule has 7 heteroatoms. The quantitative estimate of drug-likeness (QED) is 0.513. The van der Waals surface area contributed by atoms with E-state index in [1.807, 2.05) is 41.9 Å². The van der Waals surface area contributed by atoms with Gasteiger partial charge in [-0.3, -0.25) is 0 Å². The van der Waals surface area contributed by atoms with Crippen molar-refractivity contribution in [3.63, 3.8) is 0 Å². The van der Waals surface area contributed by atoms with Crippen LogP contribution in [0.25, 0.3) is 16.9 Å². The number of imidazole rings is 1. The minimum Gasteiger partial charge on any atom is -0.308 e. The third kappa shape index (κ3) is 3.55. The van der Waals surface area contributed by atoms with Gasteiger partial charge in [0.05, 0.1) is 5.69 Å². The lowest BCUT2D eigenvalue weighted by molar-refractivity contribution is 0.262. The number of halogens is 2. The summed E-state index contributed by atoms with van der Waals surface area (Å²) in [4.78, 5) is 16.8. The van der Waals surface area contributed by atoms with Crippen molar-refractivity contribution in [2.24, 2.45) is 0 Å². The van der Waals surface area contributed by atoms with Gasteiger partial charge in [0.1, 0.15) is 5.65 Å². The average molecular weight is 378 g/mol. The molecule has 0 aliphatic heterocycles. The Labute approximate surface area is 159 Å². The van der Waals surface area contributed by atoms with Gasteiger partial charge in [-0.25, -0.2) is 18.6 Å². The Morgan fingerprint density at radius 2 is 1.75 bits per heavy atom. The fourth-order valence-electron chi connectivity index (χ4n) is 2.92. The topological polar surface area (TPSA) is 58.4 Å². The van der Waals surface area contributed by atoms with E-state index >= 15 is 0 Å². The van der Waals surface area contributed by atoms with Gasteiger partial charge in [0, 0.05) is 35.4 Å². The molecule has 0 spiro atoms. The number of carbonyl (C=O) groups excluding carboxylic acids is 1. The SMILES string of the molecule is Cc1cccn2cc(-c3cccc(NC(=O)Nc4ccc(F)c(F)c4)c3)nc12. The molecule has 0 unspecified atom stereocenters. The van der Waals surface area contributed by atoms with Crippen molar-refractivity contribution in [2.45, 2.75) is 6.92 Å². The van der Waals surface area contributed by atoms with Crippen LogP contribution >= 0.6 is 0 Å². The normalized spacial score (nSPS) is 10.8. The van der Waals surface area contributed by atoms with E-state index in [1.165, 1.54) is 6.07 Å². The molecular weight excluding hydrogens is 362 g/mol. The second-order valence-electron chi connectivity index (χ2n) is 6.34. The number of nitrogens with zero attached hydrogens (tertiary/aromatic N) is 2. The fourth-order valence-corrected chi connectivity index (χ4v) is 2.92. The van der Waals surface area contributed by atoms with Gasteiger partial charge in [-0.1, -0.05) is 18.2 Å². The van der Waals surface area contributed by atoms with Crippen LogP contribution in [-0.2, 0) is 0 Å². The molecule has 140 valence electrons. The average Bonchev–Trinajstić information content (AvgIpc) is 3.11. The van der Waals surface area contributed by atoms with Crippen LogP contribution < -0.4 is 10.6 Å². The van der Waals surface area contributed by atoms with Crippen LogP contribution in [0.4, 0.5) is 25.0 Å². The number of pyridine rings is 1. The minimum absolute atomic E-state index is 0.156. The van der Waals surface area contributed by atoms with Crippen molar-refractivity contribution in [2.75, 3.05) is 10.6 Å². The number of fused-ring (bicyclic) bond motifs is 1. The number of nitrogens with one attached hydrogen (secondary N) is 2. The summed E-state index contributed by atoms with van der Waals surface area (Å²) in [5, 5.41) is 5.15. The fraction of sp³-hybridized carbons (Fsp3) is 0.0476. The Morgan fingerprint density at radius 3 is 2.50 bits per heavy atom. The summed E-state index contributed by atoms with van der Waals surface area (Å²) in [6.45, 7) is 1.99. The van der Waals surface area contributed by atoms with Crippen LogP contribution in [0, 0.1) is 18.6 Å². The Bertz CT molecular complexity index is 1190. The van der Waals surface area contributed by atoms with Crippen molar-refractivity contribution in [1.82, 2.24) is 9.38 Å². The van der Waals surface area contributed by atoms with Gasteiger partial charge in [0.25, 0.3) is 0 Å². The van der Waals surface area contributed by atoms with Crippen molar-refractivity contribution < 1.29 is 13.6 Å². The molecule has 0 bridgehead atoms. The van der Waals surface area contributed by atoms with E-state index in [4.69, 9.17) is 0 Å². The molecule has 4 aromatic rings. The van der Waals surface area contributed by atoms with Crippen molar-refractivity contribution in [3.8, 4) is 11.3 Å². The zero-order chi connectivity index (χ0) is 19.7. The molecule has 2 N–H and O–H groups in total. The van der Waals surface area contributed by atoms with Crippen LogP contribution in [0.1, 0.15) is 5.56 Å². The highest BCUT2D eigenvalue weighted by Crippen LogP contribution is 2.23. The van der Waals surface area contributed by atoms with E-state index in [0.29, 0.717) is 5.69 Å². The third-order valence-electron chi connectivity index (χ3n) is 4.27. The predicted molar refractivity (Wildman–Crippen MR) is 104 cm³/mol. The van der Waals surface area contributed by atoms with Crippen LogP contribution in [-0.4, -0.2) is 15.4 Å². The monoisotopic (exact) mass is 378 g/mol. The molecule has 0 saturated heterocycles. The highest BCUT2D eigenvalue weighted by molar-refractivity contribution is 6.00. The largest absolute Gasteiger partial charge is 0.323 e. The van der Waals surface area contributed by atoms with Crippen molar-refractivity contribution in [1.29, 1.82) is 0 Å². The van der Waals surface area contributed by atoms with Crippen molar-refractivity contribution >= 4 is 23.1 Å². The summed E-state index contributed by atoms with van der Waals surface area (Å²) in [7, 11) is 0. The zero-order valence-electron chi connectivity index (χ0n) is 14.9. The Hall–Kier alpha value is -3.74.